The lowest BCUT2D eigenvalue weighted by molar-refractivity contribution is -0.125. The van der Waals surface area contributed by atoms with E-state index in [4.69, 9.17) is 0 Å². The van der Waals surface area contributed by atoms with Gasteiger partial charge < -0.3 is 5.32 Å². The maximum absolute atomic E-state index is 13.1. The number of para-hydroxylation sites is 2. The minimum absolute atomic E-state index is 0.0209. The molecule has 2 amide bonds. The molecule has 0 unspecified atom stereocenters. The molecule has 0 spiro atoms. The lowest BCUT2D eigenvalue weighted by Gasteiger charge is -2.39. The summed E-state index contributed by atoms with van der Waals surface area (Å²) in [5, 5.41) is 4.53. The average Bonchev–Trinajstić information content (AvgIpc) is 3.28. The van der Waals surface area contributed by atoms with Crippen molar-refractivity contribution in [2.45, 2.75) is 17.2 Å². The van der Waals surface area contributed by atoms with Crippen LogP contribution in [0.25, 0.3) is 0 Å². The van der Waals surface area contributed by atoms with Crippen LogP contribution in [0.4, 0.5) is 11.4 Å². The molecule has 1 aromatic heterocycles. The Hall–Kier alpha value is -2.27. The summed E-state index contributed by atoms with van der Waals surface area (Å²) in [4.78, 5) is 28.6. The standard InChI is InChI=1S/C19H22N4O4S2/c1-14(19(25)23-13-17(24)20-15-5-2-3-6-16(15)23)21-8-10-22(11-9-21)29(26,27)18-7-4-12-28-18/h2-7,12,14H,8-11,13H2,1H3,(H,20,24)/t14-/m0/s1. The molecule has 1 saturated heterocycles. The summed E-state index contributed by atoms with van der Waals surface area (Å²) in [5.41, 5.74) is 1.30. The number of sulfonamides is 1. The first kappa shape index (κ1) is 20.0. The zero-order valence-corrected chi connectivity index (χ0v) is 17.6. The highest BCUT2D eigenvalue weighted by Crippen LogP contribution is 2.30. The van der Waals surface area contributed by atoms with E-state index < -0.39 is 16.1 Å². The van der Waals surface area contributed by atoms with Crippen LogP contribution in [0.5, 0.6) is 0 Å². The molecule has 4 rings (SSSR count). The van der Waals surface area contributed by atoms with E-state index >= 15 is 0 Å². The molecule has 10 heteroatoms. The van der Waals surface area contributed by atoms with Crippen molar-refractivity contribution >= 4 is 44.5 Å². The van der Waals surface area contributed by atoms with Crippen molar-refractivity contribution in [3.05, 3.63) is 41.8 Å². The number of carbonyl (C=O) groups is 2. The molecular formula is C19H22N4O4S2. The van der Waals surface area contributed by atoms with E-state index in [1.165, 1.54) is 20.5 Å². The fraction of sp³-hybridized carbons (Fsp3) is 0.368. The third kappa shape index (κ3) is 3.80. The number of amides is 2. The molecule has 2 aromatic rings. The van der Waals surface area contributed by atoms with E-state index in [1.807, 2.05) is 23.1 Å². The SMILES string of the molecule is C[C@@H](C(=O)N1CC(=O)Nc2ccccc21)N1CCN(S(=O)(=O)c2cccs2)CC1. The number of fused-ring (bicyclic) bond motifs is 1. The highest BCUT2D eigenvalue weighted by Gasteiger charge is 2.35. The number of anilines is 2. The number of thiophene rings is 1. The predicted octanol–water partition coefficient (Wildman–Crippen LogP) is 1.43. The molecule has 2 aliphatic rings. The van der Waals surface area contributed by atoms with Gasteiger partial charge in [0.1, 0.15) is 10.8 Å². The Morgan fingerprint density at radius 3 is 2.52 bits per heavy atom. The summed E-state index contributed by atoms with van der Waals surface area (Å²) in [6.07, 6.45) is 0. The van der Waals surface area contributed by atoms with Crippen molar-refractivity contribution in [2.75, 3.05) is 42.9 Å². The van der Waals surface area contributed by atoms with E-state index in [0.29, 0.717) is 41.8 Å². The van der Waals surface area contributed by atoms with Crippen LogP contribution >= 0.6 is 11.3 Å². The van der Waals surface area contributed by atoms with Crippen LogP contribution in [0.3, 0.4) is 0 Å². The maximum atomic E-state index is 13.1. The van der Waals surface area contributed by atoms with Crippen molar-refractivity contribution in [1.29, 1.82) is 0 Å². The van der Waals surface area contributed by atoms with Gasteiger partial charge in [0.15, 0.2) is 0 Å². The number of nitrogens with zero attached hydrogens (tertiary/aromatic N) is 3. The highest BCUT2D eigenvalue weighted by molar-refractivity contribution is 7.91. The zero-order valence-electron chi connectivity index (χ0n) is 15.9. The number of piperazine rings is 1. The molecule has 0 saturated carbocycles. The molecule has 1 aromatic carbocycles. The Balaban J connectivity index is 1.44. The maximum Gasteiger partial charge on any atom is 0.252 e. The molecule has 29 heavy (non-hydrogen) atoms. The van der Waals surface area contributed by atoms with E-state index in [9.17, 15) is 18.0 Å². The fourth-order valence-corrected chi connectivity index (χ4v) is 6.25. The number of nitrogens with one attached hydrogen (secondary N) is 1. The fourth-order valence-electron chi connectivity index (χ4n) is 3.68. The number of hydrogen-bond donors (Lipinski definition) is 1. The van der Waals surface area contributed by atoms with Crippen LogP contribution in [-0.2, 0) is 19.6 Å². The minimum atomic E-state index is -3.48. The molecule has 3 heterocycles. The number of benzene rings is 1. The number of rotatable bonds is 4. The Morgan fingerprint density at radius 1 is 1.10 bits per heavy atom. The molecule has 8 nitrogen and oxygen atoms in total. The van der Waals surface area contributed by atoms with Gasteiger partial charge in [-0.25, -0.2) is 8.42 Å². The summed E-state index contributed by atoms with van der Waals surface area (Å²) < 4.78 is 27.2. The van der Waals surface area contributed by atoms with Gasteiger partial charge in [-0.05, 0) is 30.5 Å². The van der Waals surface area contributed by atoms with Gasteiger partial charge in [-0.1, -0.05) is 18.2 Å². The largest absolute Gasteiger partial charge is 0.323 e. The molecule has 154 valence electrons. The molecule has 1 fully saturated rings. The van der Waals surface area contributed by atoms with Crippen LogP contribution in [-0.4, -0.2) is 68.2 Å². The third-order valence-electron chi connectivity index (χ3n) is 5.30. The van der Waals surface area contributed by atoms with Crippen molar-refractivity contribution in [3.63, 3.8) is 0 Å². The monoisotopic (exact) mass is 434 g/mol. The topological polar surface area (TPSA) is 90.0 Å². The normalized spacial score (nSPS) is 19.5. The summed E-state index contributed by atoms with van der Waals surface area (Å²) >= 11 is 1.21. The van der Waals surface area contributed by atoms with Crippen molar-refractivity contribution in [1.82, 2.24) is 9.21 Å². The molecule has 1 N–H and O–H groups in total. The lowest BCUT2D eigenvalue weighted by atomic mass is 10.1. The Bertz CT molecular complexity index is 1010. The smallest absolute Gasteiger partial charge is 0.252 e. The minimum Gasteiger partial charge on any atom is -0.323 e. The van der Waals surface area contributed by atoms with Gasteiger partial charge in [-0.3, -0.25) is 19.4 Å². The van der Waals surface area contributed by atoms with E-state index in [2.05, 4.69) is 5.32 Å². The van der Waals surface area contributed by atoms with Crippen LogP contribution in [0.15, 0.2) is 46.0 Å². The van der Waals surface area contributed by atoms with Gasteiger partial charge in [-0.15, -0.1) is 11.3 Å². The highest BCUT2D eigenvalue weighted by atomic mass is 32.2. The van der Waals surface area contributed by atoms with Gasteiger partial charge in [0.05, 0.1) is 17.4 Å². The first-order valence-corrected chi connectivity index (χ1v) is 11.7. The molecular weight excluding hydrogens is 412 g/mol. The quantitative estimate of drug-likeness (QED) is 0.786. The van der Waals surface area contributed by atoms with Crippen LogP contribution < -0.4 is 10.2 Å². The van der Waals surface area contributed by atoms with Crippen LogP contribution in [0.2, 0.25) is 0 Å². The predicted molar refractivity (Wildman–Crippen MR) is 112 cm³/mol. The second-order valence-electron chi connectivity index (χ2n) is 7.04. The molecule has 2 aliphatic heterocycles. The Labute approximate surface area is 173 Å². The summed E-state index contributed by atoms with van der Waals surface area (Å²) in [6.45, 7) is 3.36. The second-order valence-corrected chi connectivity index (χ2v) is 10.2. The van der Waals surface area contributed by atoms with E-state index in [0.717, 1.165) is 0 Å². The van der Waals surface area contributed by atoms with Gasteiger partial charge in [0, 0.05) is 26.2 Å². The molecule has 0 bridgehead atoms. The summed E-state index contributed by atoms with van der Waals surface area (Å²) in [5.74, 6) is -0.391. The Morgan fingerprint density at radius 2 is 1.83 bits per heavy atom. The second kappa shape index (κ2) is 7.86. The van der Waals surface area contributed by atoms with Crippen LogP contribution in [0, 0.1) is 0 Å². The summed E-state index contributed by atoms with van der Waals surface area (Å²) in [7, 11) is -3.48. The van der Waals surface area contributed by atoms with E-state index in [1.54, 1.807) is 30.5 Å². The number of carbonyl (C=O) groups excluding carboxylic acids is 2. The number of hydrogen-bond acceptors (Lipinski definition) is 6. The van der Waals surface area contributed by atoms with Crippen molar-refractivity contribution in [3.8, 4) is 0 Å². The first-order valence-electron chi connectivity index (χ1n) is 9.36. The Kier molecular flexibility index (Phi) is 5.43. The third-order valence-corrected chi connectivity index (χ3v) is 8.58. The summed E-state index contributed by atoms with van der Waals surface area (Å²) in [6, 6.07) is 10.1. The van der Waals surface area contributed by atoms with Gasteiger partial charge in [-0.2, -0.15) is 4.31 Å². The molecule has 0 aliphatic carbocycles. The van der Waals surface area contributed by atoms with E-state index in [-0.39, 0.29) is 18.4 Å². The van der Waals surface area contributed by atoms with Gasteiger partial charge >= 0.3 is 0 Å². The van der Waals surface area contributed by atoms with Crippen LogP contribution in [0.1, 0.15) is 6.92 Å². The zero-order chi connectivity index (χ0) is 20.6. The van der Waals surface area contributed by atoms with Gasteiger partial charge in [0.25, 0.3) is 10.0 Å². The molecule has 1 atom stereocenters. The van der Waals surface area contributed by atoms with Crippen molar-refractivity contribution in [2.24, 2.45) is 0 Å². The average molecular weight is 435 g/mol. The van der Waals surface area contributed by atoms with Gasteiger partial charge in [0.2, 0.25) is 11.8 Å². The lowest BCUT2D eigenvalue weighted by Crippen LogP contribution is -2.56. The first-order chi connectivity index (χ1) is 13.9. The van der Waals surface area contributed by atoms with Crippen molar-refractivity contribution < 1.29 is 18.0 Å². The molecule has 0 radical (unpaired) electrons.